The molecular formula is C14H15N3S. The third-order valence-electron chi connectivity index (χ3n) is 3.00. The maximum Gasteiger partial charge on any atom is 0.153 e. The number of thiophene rings is 1. The van der Waals surface area contributed by atoms with E-state index in [0.717, 1.165) is 34.9 Å². The largest absolute Gasteiger partial charge is 0.397 e. The summed E-state index contributed by atoms with van der Waals surface area (Å²) in [6.45, 7) is 3.14. The van der Waals surface area contributed by atoms with Gasteiger partial charge in [-0.15, -0.1) is 11.3 Å². The molecule has 92 valence electrons. The molecule has 0 aliphatic heterocycles. The normalized spacial score (nSPS) is 11.2. The summed E-state index contributed by atoms with van der Waals surface area (Å²) < 4.78 is 2.26. The molecule has 0 saturated heterocycles. The zero-order chi connectivity index (χ0) is 12.5. The van der Waals surface area contributed by atoms with Crippen LogP contribution in [0.5, 0.6) is 0 Å². The summed E-state index contributed by atoms with van der Waals surface area (Å²) in [5.74, 6) is 0.991. The first kappa shape index (κ1) is 11.3. The van der Waals surface area contributed by atoms with Gasteiger partial charge in [-0.2, -0.15) is 0 Å². The summed E-state index contributed by atoms with van der Waals surface area (Å²) in [6, 6.07) is 10.2. The minimum absolute atomic E-state index is 0.813. The Kier molecular flexibility index (Phi) is 2.80. The average Bonchev–Trinajstić information content (AvgIpc) is 2.94. The highest BCUT2D eigenvalue weighted by Crippen LogP contribution is 2.33. The van der Waals surface area contributed by atoms with Crippen molar-refractivity contribution >= 4 is 28.1 Å². The third-order valence-corrected chi connectivity index (χ3v) is 3.93. The van der Waals surface area contributed by atoms with Gasteiger partial charge in [-0.05, 0) is 30.0 Å². The van der Waals surface area contributed by atoms with Gasteiger partial charge in [-0.25, -0.2) is 4.98 Å². The molecule has 3 nitrogen and oxygen atoms in total. The second-order valence-corrected chi connectivity index (χ2v) is 5.20. The van der Waals surface area contributed by atoms with E-state index in [-0.39, 0.29) is 0 Å². The molecule has 0 aliphatic rings. The Bertz CT molecular complexity index is 681. The van der Waals surface area contributed by atoms with E-state index in [2.05, 4.69) is 29.7 Å². The Hall–Kier alpha value is -1.81. The Labute approximate surface area is 110 Å². The summed E-state index contributed by atoms with van der Waals surface area (Å²) in [7, 11) is 0. The van der Waals surface area contributed by atoms with E-state index in [1.165, 1.54) is 5.52 Å². The Morgan fingerprint density at radius 3 is 2.83 bits per heavy atom. The van der Waals surface area contributed by atoms with Crippen molar-refractivity contribution in [2.75, 3.05) is 5.73 Å². The SMILES string of the molecule is CCCn1c(-c2sccc2N)nc2ccccc21. The summed E-state index contributed by atoms with van der Waals surface area (Å²) in [4.78, 5) is 5.80. The molecule has 0 atom stereocenters. The monoisotopic (exact) mass is 257 g/mol. The third kappa shape index (κ3) is 1.69. The molecule has 0 spiro atoms. The highest BCUT2D eigenvalue weighted by molar-refractivity contribution is 7.14. The molecule has 0 amide bonds. The quantitative estimate of drug-likeness (QED) is 0.776. The number of rotatable bonds is 3. The van der Waals surface area contributed by atoms with Crippen LogP contribution in [0.2, 0.25) is 0 Å². The van der Waals surface area contributed by atoms with Crippen molar-refractivity contribution in [3.8, 4) is 10.7 Å². The number of fused-ring (bicyclic) bond motifs is 1. The van der Waals surface area contributed by atoms with Crippen LogP contribution in [0.15, 0.2) is 35.7 Å². The summed E-state index contributed by atoms with van der Waals surface area (Å²) in [5, 5.41) is 2.01. The molecule has 0 radical (unpaired) electrons. The van der Waals surface area contributed by atoms with Crippen LogP contribution < -0.4 is 5.73 Å². The van der Waals surface area contributed by atoms with Crippen molar-refractivity contribution in [2.24, 2.45) is 0 Å². The summed E-state index contributed by atoms with van der Waals surface area (Å²) in [6.07, 6.45) is 1.08. The molecule has 2 aromatic heterocycles. The van der Waals surface area contributed by atoms with Crippen molar-refractivity contribution in [3.05, 3.63) is 35.7 Å². The Balaban J connectivity index is 2.28. The molecule has 3 aromatic rings. The average molecular weight is 257 g/mol. The number of para-hydroxylation sites is 2. The Morgan fingerprint density at radius 1 is 1.28 bits per heavy atom. The topological polar surface area (TPSA) is 43.8 Å². The molecule has 2 N–H and O–H groups in total. The van der Waals surface area contributed by atoms with Gasteiger partial charge in [-0.1, -0.05) is 19.1 Å². The van der Waals surface area contributed by atoms with Crippen molar-refractivity contribution in [3.63, 3.8) is 0 Å². The van der Waals surface area contributed by atoms with E-state index in [1.54, 1.807) is 11.3 Å². The predicted octanol–water partition coefficient (Wildman–Crippen LogP) is 3.76. The number of hydrogen-bond donors (Lipinski definition) is 1. The lowest BCUT2D eigenvalue weighted by Crippen LogP contribution is -1.99. The molecular weight excluding hydrogens is 242 g/mol. The lowest BCUT2D eigenvalue weighted by molar-refractivity contribution is 0.705. The van der Waals surface area contributed by atoms with Gasteiger partial charge in [0.25, 0.3) is 0 Å². The Morgan fingerprint density at radius 2 is 2.11 bits per heavy atom. The van der Waals surface area contributed by atoms with Crippen LogP contribution in [0.25, 0.3) is 21.7 Å². The maximum atomic E-state index is 6.02. The molecule has 2 heterocycles. The van der Waals surface area contributed by atoms with Crippen LogP contribution in [0.3, 0.4) is 0 Å². The predicted molar refractivity (Wildman–Crippen MR) is 77.7 cm³/mol. The fourth-order valence-corrected chi connectivity index (χ4v) is 3.02. The zero-order valence-corrected chi connectivity index (χ0v) is 11.1. The number of nitrogens with two attached hydrogens (primary N) is 1. The van der Waals surface area contributed by atoms with Gasteiger partial charge in [0.1, 0.15) is 0 Å². The summed E-state index contributed by atoms with van der Waals surface area (Å²) >= 11 is 1.65. The van der Waals surface area contributed by atoms with Gasteiger partial charge < -0.3 is 10.3 Å². The second kappa shape index (κ2) is 4.46. The highest BCUT2D eigenvalue weighted by Gasteiger charge is 2.14. The van der Waals surface area contributed by atoms with Gasteiger partial charge in [-0.3, -0.25) is 0 Å². The fraction of sp³-hybridized carbons (Fsp3) is 0.214. The van der Waals surface area contributed by atoms with Gasteiger partial charge in [0.2, 0.25) is 0 Å². The van der Waals surface area contributed by atoms with Crippen LogP contribution in [-0.2, 0) is 6.54 Å². The maximum absolute atomic E-state index is 6.02. The molecule has 4 heteroatoms. The lowest BCUT2D eigenvalue weighted by Gasteiger charge is -2.06. The molecule has 1 aromatic carbocycles. The van der Waals surface area contributed by atoms with Crippen molar-refractivity contribution in [1.29, 1.82) is 0 Å². The fourth-order valence-electron chi connectivity index (χ4n) is 2.20. The van der Waals surface area contributed by atoms with Crippen LogP contribution >= 0.6 is 11.3 Å². The highest BCUT2D eigenvalue weighted by atomic mass is 32.1. The van der Waals surface area contributed by atoms with E-state index in [0.29, 0.717) is 0 Å². The number of aromatic nitrogens is 2. The van der Waals surface area contributed by atoms with Crippen molar-refractivity contribution in [2.45, 2.75) is 19.9 Å². The van der Waals surface area contributed by atoms with E-state index in [1.807, 2.05) is 17.5 Å². The number of aryl methyl sites for hydroxylation is 1. The van der Waals surface area contributed by atoms with Gasteiger partial charge in [0.05, 0.1) is 21.6 Å². The number of nitrogens with zero attached hydrogens (tertiary/aromatic N) is 2. The number of imidazole rings is 1. The minimum Gasteiger partial charge on any atom is -0.397 e. The smallest absolute Gasteiger partial charge is 0.153 e. The van der Waals surface area contributed by atoms with Crippen LogP contribution in [-0.4, -0.2) is 9.55 Å². The standard InChI is InChI=1S/C14H15N3S/c1-2-8-17-12-6-4-3-5-11(12)16-14(17)13-10(15)7-9-18-13/h3-7,9H,2,8,15H2,1H3. The molecule has 0 bridgehead atoms. The molecule has 0 saturated carbocycles. The lowest BCUT2D eigenvalue weighted by atomic mass is 10.3. The first-order valence-corrected chi connectivity index (χ1v) is 6.98. The van der Waals surface area contributed by atoms with Crippen LogP contribution in [0, 0.1) is 0 Å². The van der Waals surface area contributed by atoms with E-state index >= 15 is 0 Å². The van der Waals surface area contributed by atoms with E-state index < -0.39 is 0 Å². The van der Waals surface area contributed by atoms with Gasteiger partial charge >= 0.3 is 0 Å². The van der Waals surface area contributed by atoms with E-state index in [4.69, 9.17) is 10.7 Å². The molecule has 0 unspecified atom stereocenters. The summed E-state index contributed by atoms with van der Waals surface area (Å²) in [5.41, 5.74) is 9.05. The van der Waals surface area contributed by atoms with Gasteiger partial charge in [0.15, 0.2) is 5.82 Å². The molecule has 3 rings (SSSR count). The van der Waals surface area contributed by atoms with E-state index in [9.17, 15) is 0 Å². The van der Waals surface area contributed by atoms with Gasteiger partial charge in [0, 0.05) is 6.54 Å². The first-order chi connectivity index (χ1) is 8.81. The number of benzene rings is 1. The van der Waals surface area contributed by atoms with Crippen LogP contribution in [0.1, 0.15) is 13.3 Å². The molecule has 0 aliphatic carbocycles. The number of hydrogen-bond acceptors (Lipinski definition) is 3. The number of nitrogen functional groups attached to an aromatic ring is 1. The minimum atomic E-state index is 0.813. The van der Waals surface area contributed by atoms with Crippen LogP contribution in [0.4, 0.5) is 5.69 Å². The second-order valence-electron chi connectivity index (χ2n) is 4.28. The van der Waals surface area contributed by atoms with Crippen molar-refractivity contribution < 1.29 is 0 Å². The molecule has 18 heavy (non-hydrogen) atoms. The van der Waals surface area contributed by atoms with Crippen molar-refractivity contribution in [1.82, 2.24) is 9.55 Å². The number of anilines is 1. The molecule has 0 fully saturated rings. The zero-order valence-electron chi connectivity index (χ0n) is 10.3. The first-order valence-electron chi connectivity index (χ1n) is 6.10.